The van der Waals surface area contributed by atoms with Crippen molar-refractivity contribution in [3.05, 3.63) is 17.5 Å². The highest BCUT2D eigenvalue weighted by Gasteiger charge is 2.29. The molecule has 1 atom stereocenters. The second kappa shape index (κ2) is 6.07. The molecule has 0 aliphatic rings. The Morgan fingerprint density at radius 1 is 1.35 bits per heavy atom. The molecule has 0 unspecified atom stereocenters. The van der Waals surface area contributed by atoms with Crippen LogP contribution >= 0.6 is 0 Å². The fourth-order valence-electron chi connectivity index (χ4n) is 1.66. The number of carbonyl (C=O) groups is 2. The van der Waals surface area contributed by atoms with Crippen LogP contribution in [0.3, 0.4) is 0 Å². The van der Waals surface area contributed by atoms with E-state index in [0.717, 1.165) is 0 Å². The number of amides is 1. The predicted octanol–water partition coefficient (Wildman–Crippen LogP) is 1.81. The molecule has 2 N–H and O–H groups in total. The third kappa shape index (κ3) is 4.36. The van der Waals surface area contributed by atoms with Crippen molar-refractivity contribution in [3.63, 3.8) is 0 Å². The highest BCUT2D eigenvalue weighted by atomic mass is 16.6. The van der Waals surface area contributed by atoms with Crippen LogP contribution in [0, 0.1) is 12.8 Å². The fourth-order valence-corrected chi connectivity index (χ4v) is 1.66. The number of nitrogens with one attached hydrogen (secondary N) is 2. The molecule has 20 heavy (non-hydrogen) atoms. The molecule has 1 aromatic heterocycles. The molecule has 0 fully saturated rings. The van der Waals surface area contributed by atoms with E-state index < -0.39 is 17.6 Å². The SMILES string of the molecule is Cc1[nH]ncc1C(=O)N[C@@H](C(=O)OC(C)(C)C)C(C)C. The number of aromatic amines is 1. The molecular weight excluding hydrogens is 258 g/mol. The zero-order valence-electron chi connectivity index (χ0n) is 12.9. The summed E-state index contributed by atoms with van der Waals surface area (Å²) in [4.78, 5) is 24.3. The summed E-state index contributed by atoms with van der Waals surface area (Å²) in [6.45, 7) is 10.9. The standard InChI is InChI=1S/C14H23N3O3/c1-8(2)11(13(19)20-14(4,5)6)16-12(18)10-7-15-17-9(10)3/h7-8,11H,1-6H3,(H,15,17)(H,16,18)/t11-/m1/s1. The van der Waals surface area contributed by atoms with Crippen molar-refractivity contribution in [3.8, 4) is 0 Å². The van der Waals surface area contributed by atoms with Crippen LogP contribution in [0.4, 0.5) is 0 Å². The van der Waals surface area contributed by atoms with Gasteiger partial charge in [0.15, 0.2) is 0 Å². The van der Waals surface area contributed by atoms with Crippen molar-refractivity contribution in [1.29, 1.82) is 0 Å². The normalized spacial score (nSPS) is 13.2. The number of aryl methyl sites for hydroxylation is 1. The molecule has 0 aliphatic carbocycles. The minimum atomic E-state index is -0.684. The van der Waals surface area contributed by atoms with Gasteiger partial charge in [0.2, 0.25) is 0 Å². The van der Waals surface area contributed by atoms with Crippen LogP contribution in [-0.2, 0) is 9.53 Å². The van der Waals surface area contributed by atoms with Crippen LogP contribution in [0.25, 0.3) is 0 Å². The Hall–Kier alpha value is -1.85. The number of ether oxygens (including phenoxy) is 1. The quantitative estimate of drug-likeness (QED) is 0.824. The Kier molecular flexibility index (Phi) is 4.92. The number of esters is 1. The third-order valence-corrected chi connectivity index (χ3v) is 2.69. The molecular formula is C14H23N3O3. The van der Waals surface area contributed by atoms with Crippen LogP contribution in [0.2, 0.25) is 0 Å². The Bertz CT molecular complexity index is 486. The number of hydrogen-bond donors (Lipinski definition) is 2. The zero-order chi connectivity index (χ0) is 15.5. The van der Waals surface area contributed by atoms with Gasteiger partial charge in [-0.15, -0.1) is 0 Å². The van der Waals surface area contributed by atoms with E-state index in [-0.39, 0.29) is 11.8 Å². The Balaban J connectivity index is 2.81. The third-order valence-electron chi connectivity index (χ3n) is 2.69. The van der Waals surface area contributed by atoms with E-state index >= 15 is 0 Å². The van der Waals surface area contributed by atoms with Gasteiger partial charge < -0.3 is 10.1 Å². The maximum Gasteiger partial charge on any atom is 0.329 e. The van der Waals surface area contributed by atoms with Crippen LogP contribution < -0.4 is 5.32 Å². The van der Waals surface area contributed by atoms with Gasteiger partial charge in [0.25, 0.3) is 5.91 Å². The maximum atomic E-state index is 12.1. The average molecular weight is 281 g/mol. The predicted molar refractivity (Wildman–Crippen MR) is 75.3 cm³/mol. The van der Waals surface area contributed by atoms with Gasteiger partial charge in [-0.25, -0.2) is 4.79 Å². The van der Waals surface area contributed by atoms with Gasteiger partial charge in [-0.05, 0) is 33.6 Å². The largest absolute Gasteiger partial charge is 0.458 e. The summed E-state index contributed by atoms with van der Waals surface area (Å²) in [5.74, 6) is -0.830. The first-order valence-electron chi connectivity index (χ1n) is 6.65. The van der Waals surface area contributed by atoms with Crippen LogP contribution in [0.15, 0.2) is 6.20 Å². The minimum Gasteiger partial charge on any atom is -0.458 e. The number of H-pyrrole nitrogens is 1. The lowest BCUT2D eigenvalue weighted by molar-refractivity contribution is -0.158. The summed E-state index contributed by atoms with van der Waals surface area (Å²) in [6.07, 6.45) is 1.44. The van der Waals surface area contributed by atoms with Crippen LogP contribution in [0.1, 0.15) is 50.7 Å². The zero-order valence-corrected chi connectivity index (χ0v) is 12.9. The molecule has 0 radical (unpaired) electrons. The average Bonchev–Trinajstić information content (AvgIpc) is 2.69. The molecule has 0 aliphatic heterocycles. The molecule has 1 aromatic rings. The number of carbonyl (C=O) groups excluding carboxylic acids is 2. The lowest BCUT2D eigenvalue weighted by Crippen LogP contribution is -2.47. The fraction of sp³-hybridized carbons (Fsp3) is 0.643. The second-order valence-corrected chi connectivity index (χ2v) is 6.14. The highest BCUT2D eigenvalue weighted by molar-refractivity contribution is 5.97. The summed E-state index contributed by atoms with van der Waals surface area (Å²) in [7, 11) is 0. The van der Waals surface area contributed by atoms with Crippen molar-refractivity contribution in [1.82, 2.24) is 15.5 Å². The Morgan fingerprint density at radius 3 is 2.35 bits per heavy atom. The van der Waals surface area contributed by atoms with Crippen molar-refractivity contribution in [2.75, 3.05) is 0 Å². The number of rotatable bonds is 4. The lowest BCUT2D eigenvalue weighted by atomic mass is 10.0. The molecule has 6 heteroatoms. The first-order chi connectivity index (χ1) is 9.11. The van der Waals surface area contributed by atoms with Gasteiger partial charge in [0.1, 0.15) is 11.6 Å². The van der Waals surface area contributed by atoms with Crippen molar-refractivity contribution in [2.24, 2.45) is 5.92 Å². The van der Waals surface area contributed by atoms with Gasteiger partial charge in [-0.2, -0.15) is 5.10 Å². The van der Waals surface area contributed by atoms with E-state index in [9.17, 15) is 9.59 Å². The number of hydrogen-bond acceptors (Lipinski definition) is 4. The molecule has 0 saturated carbocycles. The summed E-state index contributed by atoms with van der Waals surface area (Å²) in [6, 6.07) is -0.684. The number of aromatic nitrogens is 2. The molecule has 0 bridgehead atoms. The molecule has 1 heterocycles. The minimum absolute atomic E-state index is 0.0685. The first kappa shape index (κ1) is 16.2. The molecule has 1 rings (SSSR count). The summed E-state index contributed by atoms with van der Waals surface area (Å²) >= 11 is 0. The van der Waals surface area contributed by atoms with Crippen LogP contribution in [0.5, 0.6) is 0 Å². The van der Waals surface area contributed by atoms with Crippen molar-refractivity contribution < 1.29 is 14.3 Å². The summed E-state index contributed by atoms with van der Waals surface area (Å²) in [5.41, 5.74) is 0.508. The Labute approximate surface area is 119 Å². The van der Waals surface area contributed by atoms with Gasteiger partial charge in [-0.3, -0.25) is 9.89 Å². The summed E-state index contributed by atoms with van der Waals surface area (Å²) in [5, 5.41) is 9.20. The van der Waals surface area contributed by atoms with E-state index in [1.54, 1.807) is 27.7 Å². The van der Waals surface area contributed by atoms with E-state index in [4.69, 9.17) is 4.74 Å². The molecule has 6 nitrogen and oxygen atoms in total. The Morgan fingerprint density at radius 2 is 1.95 bits per heavy atom. The first-order valence-corrected chi connectivity index (χ1v) is 6.65. The maximum absolute atomic E-state index is 12.1. The highest BCUT2D eigenvalue weighted by Crippen LogP contribution is 2.13. The lowest BCUT2D eigenvalue weighted by Gasteiger charge is -2.26. The van der Waals surface area contributed by atoms with Gasteiger partial charge >= 0.3 is 5.97 Å². The molecule has 0 spiro atoms. The second-order valence-electron chi connectivity index (χ2n) is 6.14. The molecule has 112 valence electrons. The van der Waals surface area contributed by atoms with Gasteiger partial charge in [-0.1, -0.05) is 13.8 Å². The number of nitrogens with zero attached hydrogens (tertiary/aromatic N) is 1. The molecule has 0 saturated heterocycles. The van der Waals surface area contributed by atoms with E-state index in [1.165, 1.54) is 6.20 Å². The topological polar surface area (TPSA) is 84.1 Å². The molecule has 1 amide bonds. The van der Waals surface area contributed by atoms with E-state index in [2.05, 4.69) is 15.5 Å². The monoisotopic (exact) mass is 281 g/mol. The van der Waals surface area contributed by atoms with Gasteiger partial charge in [0, 0.05) is 5.69 Å². The van der Waals surface area contributed by atoms with E-state index in [1.807, 2.05) is 13.8 Å². The molecule has 0 aromatic carbocycles. The van der Waals surface area contributed by atoms with Crippen molar-refractivity contribution in [2.45, 2.75) is 53.2 Å². The van der Waals surface area contributed by atoms with E-state index in [0.29, 0.717) is 11.3 Å². The summed E-state index contributed by atoms with van der Waals surface area (Å²) < 4.78 is 5.33. The van der Waals surface area contributed by atoms with Gasteiger partial charge in [0.05, 0.1) is 11.8 Å². The van der Waals surface area contributed by atoms with Crippen molar-refractivity contribution >= 4 is 11.9 Å². The smallest absolute Gasteiger partial charge is 0.329 e. The van der Waals surface area contributed by atoms with Crippen LogP contribution in [-0.4, -0.2) is 33.7 Å².